The number of anilines is 1. The van der Waals surface area contributed by atoms with E-state index in [2.05, 4.69) is 19.2 Å². The van der Waals surface area contributed by atoms with Crippen molar-refractivity contribution in [3.05, 3.63) is 10.4 Å². The Morgan fingerprint density at radius 3 is 2.92 bits per heavy atom. The van der Waals surface area contributed by atoms with Gasteiger partial charge in [-0.3, -0.25) is 0 Å². The Hall–Kier alpha value is -0.890. The summed E-state index contributed by atoms with van der Waals surface area (Å²) in [6.07, 6.45) is 4.92. The molecule has 5 nitrogen and oxygen atoms in total. The van der Waals surface area contributed by atoms with E-state index in [9.17, 15) is 0 Å². The van der Waals surface area contributed by atoms with Crippen molar-refractivity contribution in [2.75, 3.05) is 31.3 Å². The van der Waals surface area contributed by atoms with Crippen LogP contribution in [0.5, 0.6) is 0 Å². The van der Waals surface area contributed by atoms with Crippen molar-refractivity contribution >= 4 is 39.1 Å². The Morgan fingerprint density at radius 1 is 1.36 bits per heavy atom. The number of fused-ring (bicyclic) bond motifs is 3. The quantitative estimate of drug-likeness (QED) is 0.413. The van der Waals surface area contributed by atoms with Crippen molar-refractivity contribution in [3.8, 4) is 0 Å². The fourth-order valence-electron chi connectivity index (χ4n) is 3.02. The van der Waals surface area contributed by atoms with E-state index < -0.39 is 0 Å². The fourth-order valence-corrected chi connectivity index (χ4v) is 4.55. The Morgan fingerprint density at radius 2 is 2.20 bits per heavy atom. The number of aromatic nitrogens is 2. The van der Waals surface area contributed by atoms with Crippen LogP contribution in [-0.4, -0.2) is 41.6 Å². The van der Waals surface area contributed by atoms with Gasteiger partial charge in [0.1, 0.15) is 10.6 Å². The van der Waals surface area contributed by atoms with Crippen molar-refractivity contribution in [2.45, 2.75) is 57.4 Å². The number of nitrogens with zero attached hydrogens (tertiary/aromatic N) is 2. The van der Waals surface area contributed by atoms with Gasteiger partial charge in [0.15, 0.2) is 5.16 Å². The molecule has 1 N–H and O–H groups in total. The summed E-state index contributed by atoms with van der Waals surface area (Å²) < 4.78 is 11.5. The summed E-state index contributed by atoms with van der Waals surface area (Å²) in [5, 5.41) is 5.53. The predicted octanol–water partition coefficient (Wildman–Crippen LogP) is 4.49. The van der Waals surface area contributed by atoms with E-state index in [0.29, 0.717) is 6.61 Å². The van der Waals surface area contributed by atoms with Crippen molar-refractivity contribution in [1.82, 2.24) is 9.97 Å². The number of hydrogen-bond donors (Lipinski definition) is 1. The van der Waals surface area contributed by atoms with Crippen LogP contribution in [0.2, 0.25) is 0 Å². The maximum Gasteiger partial charge on any atom is 0.190 e. The number of thioether (sulfide) groups is 1. The van der Waals surface area contributed by atoms with E-state index in [0.717, 1.165) is 54.8 Å². The summed E-state index contributed by atoms with van der Waals surface area (Å²) >= 11 is 3.33. The van der Waals surface area contributed by atoms with E-state index in [1.165, 1.54) is 15.8 Å². The van der Waals surface area contributed by atoms with Gasteiger partial charge in [-0.25, -0.2) is 9.97 Å². The molecule has 0 fully saturated rings. The molecule has 0 bridgehead atoms. The van der Waals surface area contributed by atoms with Crippen LogP contribution in [0, 0.1) is 0 Å². The molecule has 0 saturated carbocycles. The summed E-state index contributed by atoms with van der Waals surface area (Å²) in [6, 6.07) is 0. The second-order valence-corrected chi connectivity index (χ2v) is 8.35. The van der Waals surface area contributed by atoms with Crippen LogP contribution in [0.4, 0.5) is 5.82 Å². The minimum Gasteiger partial charge on any atom is -0.382 e. The van der Waals surface area contributed by atoms with Gasteiger partial charge in [-0.1, -0.05) is 18.7 Å². The van der Waals surface area contributed by atoms with Crippen LogP contribution < -0.4 is 5.32 Å². The van der Waals surface area contributed by atoms with Crippen LogP contribution in [0.25, 0.3) is 10.2 Å². The molecule has 0 unspecified atom stereocenters. The molecule has 0 aliphatic carbocycles. The third-order valence-corrected chi connectivity index (χ3v) is 6.36. The molecular weight excluding hydrogens is 354 g/mol. The van der Waals surface area contributed by atoms with Crippen LogP contribution in [-0.2, 0) is 22.5 Å². The first-order valence-corrected chi connectivity index (χ1v) is 11.0. The lowest BCUT2D eigenvalue weighted by Crippen LogP contribution is -2.34. The lowest BCUT2D eigenvalue weighted by atomic mass is 9.90. The van der Waals surface area contributed by atoms with Crippen molar-refractivity contribution < 1.29 is 9.47 Å². The van der Waals surface area contributed by atoms with Gasteiger partial charge in [-0.2, -0.15) is 0 Å². The van der Waals surface area contributed by atoms with Gasteiger partial charge >= 0.3 is 0 Å². The topological polar surface area (TPSA) is 56.3 Å². The van der Waals surface area contributed by atoms with Gasteiger partial charge in [0.25, 0.3) is 0 Å². The van der Waals surface area contributed by atoms with Crippen LogP contribution in [0.1, 0.15) is 44.1 Å². The van der Waals surface area contributed by atoms with Crippen molar-refractivity contribution in [2.24, 2.45) is 0 Å². The lowest BCUT2D eigenvalue weighted by molar-refractivity contribution is -0.0542. The molecule has 1 aliphatic rings. The molecule has 7 heteroatoms. The van der Waals surface area contributed by atoms with Gasteiger partial charge < -0.3 is 14.8 Å². The zero-order valence-corrected chi connectivity index (χ0v) is 17.1. The monoisotopic (exact) mass is 381 g/mol. The summed E-state index contributed by atoms with van der Waals surface area (Å²) in [6.45, 7) is 9.49. The standard InChI is InChI=1S/C18H27N3O2S2/c1-5-18(3)10-12-13(11-23-18)25-16-14(12)15(20-17(21-16)24-4)19-8-7-9-22-6-2/h5-11H2,1-4H3,(H,19,20,21)/t18-/m1/s1. The first-order chi connectivity index (χ1) is 12.1. The highest BCUT2D eigenvalue weighted by Gasteiger charge is 2.33. The SMILES string of the molecule is CCOCCCNc1nc(SC)nc2sc3c(c12)C[C@@](C)(CC)OC3. The summed E-state index contributed by atoms with van der Waals surface area (Å²) in [7, 11) is 0. The highest BCUT2D eigenvalue weighted by molar-refractivity contribution is 7.98. The average Bonchev–Trinajstić information content (AvgIpc) is 2.98. The van der Waals surface area contributed by atoms with E-state index in [-0.39, 0.29) is 5.60 Å². The Labute approximate surface area is 157 Å². The molecule has 3 rings (SSSR count). The highest BCUT2D eigenvalue weighted by Crippen LogP contribution is 2.42. The molecule has 2 aromatic heterocycles. The zero-order chi connectivity index (χ0) is 17.9. The molecule has 1 aliphatic heterocycles. The van der Waals surface area contributed by atoms with E-state index >= 15 is 0 Å². The van der Waals surface area contributed by atoms with E-state index in [1.54, 1.807) is 23.1 Å². The molecule has 0 amide bonds. The highest BCUT2D eigenvalue weighted by atomic mass is 32.2. The summed E-state index contributed by atoms with van der Waals surface area (Å²) in [5.41, 5.74) is 1.28. The second kappa shape index (κ2) is 8.20. The minimum absolute atomic E-state index is 0.0918. The van der Waals surface area contributed by atoms with Gasteiger partial charge in [0, 0.05) is 31.1 Å². The number of nitrogens with one attached hydrogen (secondary N) is 1. The molecule has 0 saturated heterocycles. The number of hydrogen-bond acceptors (Lipinski definition) is 7. The number of ether oxygens (including phenoxy) is 2. The predicted molar refractivity (Wildman–Crippen MR) is 106 cm³/mol. The van der Waals surface area contributed by atoms with Gasteiger partial charge in [-0.15, -0.1) is 11.3 Å². The maximum atomic E-state index is 6.11. The van der Waals surface area contributed by atoms with E-state index in [4.69, 9.17) is 19.4 Å². The summed E-state index contributed by atoms with van der Waals surface area (Å²) in [5.74, 6) is 0.962. The molecule has 1 atom stereocenters. The third-order valence-electron chi connectivity index (χ3n) is 4.71. The maximum absolute atomic E-state index is 6.11. The van der Waals surface area contributed by atoms with Crippen molar-refractivity contribution in [1.29, 1.82) is 0 Å². The van der Waals surface area contributed by atoms with Crippen molar-refractivity contribution in [3.63, 3.8) is 0 Å². The first kappa shape index (κ1) is 18.9. The molecule has 3 heterocycles. The van der Waals surface area contributed by atoms with Crippen LogP contribution >= 0.6 is 23.1 Å². The largest absolute Gasteiger partial charge is 0.382 e. The van der Waals surface area contributed by atoms with Gasteiger partial charge in [-0.05, 0) is 38.5 Å². The zero-order valence-electron chi connectivity index (χ0n) is 15.5. The smallest absolute Gasteiger partial charge is 0.190 e. The molecule has 0 aromatic carbocycles. The minimum atomic E-state index is -0.0918. The number of rotatable bonds is 8. The average molecular weight is 382 g/mol. The second-order valence-electron chi connectivity index (χ2n) is 6.49. The van der Waals surface area contributed by atoms with Crippen LogP contribution in [0.15, 0.2) is 5.16 Å². The Kier molecular flexibility index (Phi) is 6.20. The van der Waals surface area contributed by atoms with E-state index in [1.807, 2.05) is 13.2 Å². The lowest BCUT2D eigenvalue weighted by Gasteiger charge is -2.33. The third kappa shape index (κ3) is 4.10. The molecule has 2 aromatic rings. The van der Waals surface area contributed by atoms with Gasteiger partial charge in [0.2, 0.25) is 0 Å². The molecule has 0 spiro atoms. The normalized spacial score (nSPS) is 20.0. The molecule has 0 radical (unpaired) electrons. The van der Waals surface area contributed by atoms with Gasteiger partial charge in [0.05, 0.1) is 17.6 Å². The number of thiophene rings is 1. The Bertz CT molecular complexity index is 735. The molecule has 25 heavy (non-hydrogen) atoms. The van der Waals surface area contributed by atoms with Crippen LogP contribution in [0.3, 0.4) is 0 Å². The molecule has 138 valence electrons. The summed E-state index contributed by atoms with van der Waals surface area (Å²) in [4.78, 5) is 11.9. The fraction of sp³-hybridized carbons (Fsp3) is 0.667. The first-order valence-electron chi connectivity index (χ1n) is 8.92. The molecular formula is C18H27N3O2S2. The Balaban J connectivity index is 1.92.